The third-order valence-corrected chi connectivity index (χ3v) is 6.64. The van der Waals surface area contributed by atoms with Crippen LogP contribution >= 0.6 is 36.5 Å². The minimum absolute atomic E-state index is 0. The smallest absolute Gasteiger partial charge is 0.0454 e. The first kappa shape index (κ1) is 25.9. The van der Waals surface area contributed by atoms with Crippen molar-refractivity contribution in [3.8, 4) is 11.1 Å². The first-order chi connectivity index (χ1) is 13.8. The van der Waals surface area contributed by atoms with Crippen molar-refractivity contribution in [2.24, 2.45) is 0 Å². The monoisotopic (exact) mass is 606 g/mol. The Morgan fingerprint density at radius 2 is 1.57 bits per heavy atom. The van der Waals surface area contributed by atoms with Gasteiger partial charge in [-0.2, -0.15) is 0 Å². The minimum atomic E-state index is 0. The molecule has 1 atom stereocenters. The SMILES string of the molecule is BrC1C=C2C(=Cc3[c-]cccc32)S1.[Cl-].[Cl-].[S]=[Zr+2].[c-]1cccc2c1-c1ccccc1C2. The van der Waals surface area contributed by atoms with Crippen molar-refractivity contribution in [1.82, 2.24) is 0 Å². The predicted molar refractivity (Wildman–Crippen MR) is 123 cm³/mol. The zero-order chi connectivity index (χ0) is 19.5. The summed E-state index contributed by atoms with van der Waals surface area (Å²) in [4.78, 5) is 1.37. The van der Waals surface area contributed by atoms with Crippen LogP contribution < -0.4 is 24.8 Å². The molecular weight excluding hydrogens is 594 g/mol. The van der Waals surface area contributed by atoms with Gasteiger partial charge in [-0.3, -0.25) is 0 Å². The number of fused-ring (bicyclic) bond motifs is 6. The Morgan fingerprint density at radius 1 is 0.900 bits per heavy atom. The molecule has 1 aliphatic heterocycles. The molecule has 0 aromatic heterocycles. The van der Waals surface area contributed by atoms with Gasteiger partial charge in [0, 0.05) is 0 Å². The second-order valence-electron chi connectivity index (χ2n) is 6.46. The summed E-state index contributed by atoms with van der Waals surface area (Å²) in [7, 11) is 4.17. The number of thioether (sulfide) groups is 1. The number of halogens is 3. The molecule has 3 aromatic rings. The molecule has 0 amide bonds. The molecule has 3 aromatic carbocycles. The summed E-state index contributed by atoms with van der Waals surface area (Å²) in [6.07, 6.45) is 5.55. The molecule has 6 rings (SSSR count). The Bertz CT molecular complexity index is 1050. The van der Waals surface area contributed by atoms with E-state index in [0.717, 1.165) is 29.1 Å². The summed E-state index contributed by atoms with van der Waals surface area (Å²) in [5.41, 5.74) is 9.42. The Morgan fingerprint density at radius 3 is 2.40 bits per heavy atom. The number of rotatable bonds is 0. The van der Waals surface area contributed by atoms with Crippen LogP contribution in [0.25, 0.3) is 22.8 Å². The number of benzene rings is 3. The molecule has 2 aliphatic carbocycles. The number of hydrogen-bond acceptors (Lipinski definition) is 2. The first-order valence-electron chi connectivity index (χ1n) is 8.83. The van der Waals surface area contributed by atoms with Crippen molar-refractivity contribution in [2.45, 2.75) is 10.6 Å². The third kappa shape index (κ3) is 5.34. The largest absolute Gasteiger partial charge is 0.147 e. The van der Waals surface area contributed by atoms with Crippen LogP contribution in [0.3, 0.4) is 0 Å². The van der Waals surface area contributed by atoms with Crippen LogP contribution in [0.5, 0.6) is 0 Å². The van der Waals surface area contributed by atoms with Crippen molar-refractivity contribution in [1.29, 1.82) is 0 Å². The second kappa shape index (κ2) is 12.0. The van der Waals surface area contributed by atoms with Gasteiger partial charge in [0.15, 0.2) is 0 Å². The number of allylic oxidation sites excluding steroid dienone is 1. The zero-order valence-corrected chi connectivity index (χ0v) is 22.9. The van der Waals surface area contributed by atoms with Crippen molar-refractivity contribution >= 4 is 48.2 Å². The topological polar surface area (TPSA) is 0 Å². The Balaban J connectivity index is 0.000000186. The fraction of sp³-hybridized carbons (Fsp3) is 0.0833. The van der Waals surface area contributed by atoms with Gasteiger partial charge in [0.25, 0.3) is 0 Å². The van der Waals surface area contributed by atoms with Crippen molar-refractivity contribution in [3.05, 3.63) is 106 Å². The quantitative estimate of drug-likeness (QED) is 0.219. The zero-order valence-electron chi connectivity index (χ0n) is 15.7. The van der Waals surface area contributed by atoms with Gasteiger partial charge in [0.05, 0.1) is 4.16 Å². The van der Waals surface area contributed by atoms with Gasteiger partial charge in [0.2, 0.25) is 0 Å². The van der Waals surface area contributed by atoms with E-state index in [1.54, 1.807) is 0 Å². The Kier molecular flexibility index (Phi) is 10.4. The van der Waals surface area contributed by atoms with Crippen LogP contribution in [0.1, 0.15) is 22.3 Å². The predicted octanol–water partition coefficient (Wildman–Crippen LogP) is 1.40. The summed E-state index contributed by atoms with van der Waals surface area (Å²) in [5.74, 6) is 0. The molecule has 0 fully saturated rings. The van der Waals surface area contributed by atoms with E-state index in [9.17, 15) is 0 Å². The average Bonchev–Trinajstić information content (AvgIpc) is 3.40. The average molecular weight is 610 g/mol. The van der Waals surface area contributed by atoms with Crippen LogP contribution in [0.2, 0.25) is 0 Å². The molecule has 0 spiro atoms. The van der Waals surface area contributed by atoms with Gasteiger partial charge in [-0.1, -0.05) is 63.0 Å². The van der Waals surface area contributed by atoms with Crippen molar-refractivity contribution in [2.75, 3.05) is 0 Å². The van der Waals surface area contributed by atoms with Crippen LogP contribution in [0.4, 0.5) is 0 Å². The Labute approximate surface area is 221 Å². The molecular formula is C24H15BrCl2S2Zr-2. The van der Waals surface area contributed by atoms with Crippen LogP contribution in [0, 0.1) is 12.1 Å². The van der Waals surface area contributed by atoms with E-state index < -0.39 is 0 Å². The molecule has 1 unspecified atom stereocenters. The molecule has 30 heavy (non-hydrogen) atoms. The summed E-state index contributed by atoms with van der Waals surface area (Å²) in [6.45, 7) is 0. The molecule has 0 nitrogen and oxygen atoms in total. The molecule has 3 aliphatic rings. The maximum absolute atomic E-state index is 4.17. The molecule has 0 bridgehead atoms. The van der Waals surface area contributed by atoms with Gasteiger partial charge in [0.1, 0.15) is 0 Å². The van der Waals surface area contributed by atoms with Gasteiger partial charge in [-0.05, 0) is 11.3 Å². The van der Waals surface area contributed by atoms with Gasteiger partial charge >= 0.3 is 31.5 Å². The van der Waals surface area contributed by atoms with Crippen LogP contribution in [0.15, 0.2) is 71.6 Å². The summed E-state index contributed by atoms with van der Waals surface area (Å²) < 4.78 is 0.446. The normalized spacial score (nSPS) is 15.8. The Hall–Kier alpha value is -0.347. The maximum Gasteiger partial charge on any atom is -0.0454 e. The standard InChI is InChI=1S/C13H9.C11H6BrS.2ClH.S.Zr/c1-3-7-12-10(5-1)9-11-6-2-4-8-13(11)12;12-11-6-9-8-4-2-1-3-7(8)5-10(9)13-11;;;;/h1-7H,9H2;1-2,4-6,11H;2*1H;;/q2*-1;;;;+2/p-2. The first-order valence-corrected chi connectivity index (χ1v) is 14.0. The van der Waals surface area contributed by atoms with Gasteiger partial charge < -0.3 is 24.8 Å². The molecule has 0 saturated carbocycles. The number of alkyl halides is 1. The molecule has 0 N–H and O–H groups in total. The molecule has 0 radical (unpaired) electrons. The maximum atomic E-state index is 4.17. The van der Waals surface area contributed by atoms with E-state index in [0.29, 0.717) is 4.16 Å². The fourth-order valence-corrected chi connectivity index (χ4v) is 5.50. The van der Waals surface area contributed by atoms with Crippen LogP contribution in [-0.4, -0.2) is 4.16 Å². The molecule has 1 heterocycles. The molecule has 6 heteroatoms. The van der Waals surface area contributed by atoms with E-state index in [4.69, 9.17) is 0 Å². The summed E-state index contributed by atoms with van der Waals surface area (Å²) in [6, 6.07) is 27.5. The van der Waals surface area contributed by atoms with Crippen molar-refractivity contribution in [3.63, 3.8) is 0 Å². The molecule has 0 saturated heterocycles. The summed E-state index contributed by atoms with van der Waals surface area (Å²) in [5, 5.41) is 0. The van der Waals surface area contributed by atoms with Gasteiger partial charge in [-0.15, -0.1) is 88.6 Å². The molecule has 150 valence electrons. The van der Waals surface area contributed by atoms with E-state index in [1.807, 2.05) is 30.0 Å². The van der Waals surface area contributed by atoms with E-state index in [-0.39, 0.29) is 24.8 Å². The van der Waals surface area contributed by atoms with Crippen molar-refractivity contribution < 1.29 is 47.5 Å². The minimum Gasteiger partial charge on any atom is -0.147 e. The fourth-order valence-electron chi connectivity index (χ4n) is 3.69. The summed E-state index contributed by atoms with van der Waals surface area (Å²) >= 11 is 6.57. The second-order valence-corrected chi connectivity index (χ2v) is 9.24. The van der Waals surface area contributed by atoms with Crippen LogP contribution in [-0.2, 0) is 29.1 Å². The van der Waals surface area contributed by atoms with Gasteiger partial charge in [-0.25, -0.2) is 0 Å². The van der Waals surface area contributed by atoms with E-state index in [2.05, 4.69) is 91.5 Å². The van der Waals surface area contributed by atoms with E-state index >= 15 is 0 Å². The third-order valence-electron chi connectivity index (χ3n) is 4.87. The van der Waals surface area contributed by atoms with E-state index in [1.165, 1.54) is 43.9 Å². The number of hydrogen-bond donors (Lipinski definition) is 0.